The fourth-order valence-electron chi connectivity index (χ4n) is 1.48. The quantitative estimate of drug-likeness (QED) is 0.640. The van der Waals surface area contributed by atoms with Crippen molar-refractivity contribution in [3.63, 3.8) is 0 Å². The minimum Gasteiger partial charge on any atom is -0.312 e. The summed E-state index contributed by atoms with van der Waals surface area (Å²) in [6, 6.07) is 0.796. The maximum atomic E-state index is 3.42. The highest BCUT2D eigenvalue weighted by molar-refractivity contribution is 5.16. The average Bonchev–Trinajstić information content (AvgIpc) is 2.66. The maximum Gasteiger partial charge on any atom is 0.0449 e. The zero-order chi connectivity index (χ0) is 8.77. The zero-order valence-electron chi connectivity index (χ0n) is 8.22. The number of hydrazine groups is 1. The van der Waals surface area contributed by atoms with Gasteiger partial charge in [0.1, 0.15) is 0 Å². The fraction of sp³-hybridized carbons (Fsp3) is 0.800. The molecule has 0 atom stereocenters. The Hall–Kier alpha value is -0.500. The Bertz CT molecular complexity index is 208. The second-order valence-corrected chi connectivity index (χ2v) is 4.88. The van der Waals surface area contributed by atoms with E-state index in [9.17, 15) is 0 Å². The molecule has 0 aromatic carbocycles. The van der Waals surface area contributed by atoms with Gasteiger partial charge in [0.05, 0.1) is 0 Å². The van der Waals surface area contributed by atoms with Gasteiger partial charge in [-0.3, -0.25) is 0 Å². The van der Waals surface area contributed by atoms with Crippen LogP contribution in [-0.2, 0) is 0 Å². The molecule has 0 unspecified atom stereocenters. The first-order valence-corrected chi connectivity index (χ1v) is 4.80. The van der Waals surface area contributed by atoms with E-state index in [0.29, 0.717) is 5.41 Å². The topological polar surface area (TPSA) is 15.3 Å². The SMILES string of the molecule is CC(C)(C)C1=CN(C2CC2)NC1. The molecule has 0 spiro atoms. The van der Waals surface area contributed by atoms with Gasteiger partial charge in [0.25, 0.3) is 0 Å². The molecular weight excluding hydrogens is 148 g/mol. The van der Waals surface area contributed by atoms with Crippen molar-refractivity contribution in [3.8, 4) is 0 Å². The molecule has 68 valence electrons. The molecule has 1 fully saturated rings. The van der Waals surface area contributed by atoms with Gasteiger partial charge < -0.3 is 5.01 Å². The number of nitrogens with zero attached hydrogens (tertiary/aromatic N) is 1. The van der Waals surface area contributed by atoms with Gasteiger partial charge in [-0.15, -0.1) is 0 Å². The van der Waals surface area contributed by atoms with Crippen LogP contribution in [0.2, 0.25) is 0 Å². The molecule has 0 radical (unpaired) electrons. The van der Waals surface area contributed by atoms with Gasteiger partial charge >= 0.3 is 0 Å². The van der Waals surface area contributed by atoms with Crippen LogP contribution in [0.15, 0.2) is 11.8 Å². The lowest BCUT2D eigenvalue weighted by atomic mass is 9.87. The van der Waals surface area contributed by atoms with E-state index in [2.05, 4.69) is 37.4 Å². The molecule has 2 aliphatic rings. The molecule has 0 saturated heterocycles. The molecule has 0 aromatic heterocycles. The third kappa shape index (κ3) is 1.48. The molecule has 0 amide bonds. The van der Waals surface area contributed by atoms with Crippen molar-refractivity contribution < 1.29 is 0 Å². The van der Waals surface area contributed by atoms with Crippen LogP contribution in [0.1, 0.15) is 33.6 Å². The summed E-state index contributed by atoms with van der Waals surface area (Å²) < 4.78 is 0. The predicted octanol–water partition coefficient (Wildman–Crippen LogP) is 1.90. The summed E-state index contributed by atoms with van der Waals surface area (Å²) in [7, 11) is 0. The molecule has 1 aliphatic carbocycles. The van der Waals surface area contributed by atoms with Gasteiger partial charge in [-0.1, -0.05) is 20.8 Å². The van der Waals surface area contributed by atoms with Crippen molar-refractivity contribution >= 4 is 0 Å². The Morgan fingerprint density at radius 1 is 1.42 bits per heavy atom. The first kappa shape index (κ1) is 8.11. The van der Waals surface area contributed by atoms with Crippen LogP contribution in [0.25, 0.3) is 0 Å². The number of hydrogen-bond donors (Lipinski definition) is 1. The van der Waals surface area contributed by atoms with Crippen molar-refractivity contribution in [2.45, 2.75) is 39.7 Å². The Balaban J connectivity index is 2.04. The normalized spacial score (nSPS) is 24.6. The van der Waals surface area contributed by atoms with E-state index in [0.717, 1.165) is 12.6 Å². The summed E-state index contributed by atoms with van der Waals surface area (Å²) in [5, 5.41) is 2.29. The summed E-state index contributed by atoms with van der Waals surface area (Å²) >= 11 is 0. The first-order valence-electron chi connectivity index (χ1n) is 4.80. The van der Waals surface area contributed by atoms with Crippen molar-refractivity contribution in [3.05, 3.63) is 11.8 Å². The van der Waals surface area contributed by atoms with Crippen LogP contribution in [0.5, 0.6) is 0 Å². The highest BCUT2D eigenvalue weighted by Gasteiger charge is 2.32. The first-order chi connectivity index (χ1) is 5.57. The van der Waals surface area contributed by atoms with Crippen LogP contribution in [-0.4, -0.2) is 17.6 Å². The second kappa shape index (κ2) is 2.49. The minimum absolute atomic E-state index is 0.330. The molecular formula is C10H18N2. The summed E-state index contributed by atoms with van der Waals surface area (Å²) in [6.07, 6.45) is 5.03. The number of hydrogen-bond acceptors (Lipinski definition) is 2. The molecule has 1 saturated carbocycles. The monoisotopic (exact) mass is 166 g/mol. The van der Waals surface area contributed by atoms with Gasteiger partial charge in [-0.25, -0.2) is 5.43 Å². The van der Waals surface area contributed by atoms with Gasteiger partial charge in [0, 0.05) is 18.8 Å². The molecule has 1 aliphatic heterocycles. The maximum absolute atomic E-state index is 3.42. The largest absolute Gasteiger partial charge is 0.312 e. The van der Waals surface area contributed by atoms with Gasteiger partial charge in [0.2, 0.25) is 0 Å². The summed E-state index contributed by atoms with van der Waals surface area (Å²) in [6.45, 7) is 7.87. The molecule has 2 nitrogen and oxygen atoms in total. The number of rotatable bonds is 1. The third-order valence-electron chi connectivity index (χ3n) is 2.65. The zero-order valence-corrected chi connectivity index (χ0v) is 8.22. The standard InChI is InChI=1S/C10H18N2/c1-10(2,3)8-6-11-12(7-8)9-4-5-9/h7,9,11H,4-6H2,1-3H3. The van der Waals surface area contributed by atoms with Crippen molar-refractivity contribution in [1.82, 2.24) is 10.4 Å². The summed E-state index contributed by atoms with van der Waals surface area (Å²) in [5.41, 5.74) is 5.27. The minimum atomic E-state index is 0.330. The van der Waals surface area contributed by atoms with E-state index in [1.54, 1.807) is 0 Å². The van der Waals surface area contributed by atoms with Crippen LogP contribution >= 0.6 is 0 Å². The summed E-state index contributed by atoms with van der Waals surface area (Å²) in [5.74, 6) is 0. The highest BCUT2D eigenvalue weighted by Crippen LogP contribution is 2.32. The second-order valence-electron chi connectivity index (χ2n) is 4.88. The molecule has 0 aromatic rings. The Morgan fingerprint density at radius 3 is 2.50 bits per heavy atom. The molecule has 12 heavy (non-hydrogen) atoms. The average molecular weight is 166 g/mol. The van der Waals surface area contributed by atoms with E-state index in [1.165, 1.54) is 18.4 Å². The van der Waals surface area contributed by atoms with Crippen LogP contribution < -0.4 is 5.43 Å². The lowest BCUT2D eigenvalue weighted by molar-refractivity contribution is 0.296. The van der Waals surface area contributed by atoms with E-state index in [-0.39, 0.29) is 0 Å². The van der Waals surface area contributed by atoms with E-state index >= 15 is 0 Å². The Kier molecular flexibility index (Phi) is 1.69. The van der Waals surface area contributed by atoms with Crippen molar-refractivity contribution in [2.75, 3.05) is 6.54 Å². The lowest BCUT2D eigenvalue weighted by Gasteiger charge is -2.18. The van der Waals surface area contributed by atoms with E-state index in [4.69, 9.17) is 0 Å². The van der Waals surface area contributed by atoms with Crippen molar-refractivity contribution in [2.24, 2.45) is 5.41 Å². The van der Waals surface area contributed by atoms with E-state index in [1.807, 2.05) is 0 Å². The van der Waals surface area contributed by atoms with Crippen LogP contribution in [0.3, 0.4) is 0 Å². The Morgan fingerprint density at radius 2 is 2.08 bits per heavy atom. The Labute approximate surface area is 74.6 Å². The van der Waals surface area contributed by atoms with Crippen molar-refractivity contribution in [1.29, 1.82) is 0 Å². The smallest absolute Gasteiger partial charge is 0.0449 e. The molecule has 1 heterocycles. The lowest BCUT2D eigenvalue weighted by Crippen LogP contribution is -2.30. The van der Waals surface area contributed by atoms with E-state index < -0.39 is 0 Å². The third-order valence-corrected chi connectivity index (χ3v) is 2.65. The summed E-state index contributed by atoms with van der Waals surface area (Å²) in [4.78, 5) is 0. The van der Waals surface area contributed by atoms with Gasteiger partial charge in [-0.05, 0) is 23.8 Å². The molecule has 1 N–H and O–H groups in total. The van der Waals surface area contributed by atoms with Crippen LogP contribution in [0.4, 0.5) is 0 Å². The number of nitrogens with one attached hydrogen (secondary N) is 1. The molecule has 2 rings (SSSR count). The highest BCUT2D eigenvalue weighted by atomic mass is 15.5. The predicted molar refractivity (Wildman–Crippen MR) is 50.4 cm³/mol. The molecule has 2 heteroatoms. The van der Waals surface area contributed by atoms with Crippen LogP contribution in [0, 0.1) is 5.41 Å². The molecule has 0 bridgehead atoms. The fourth-order valence-corrected chi connectivity index (χ4v) is 1.48. The van der Waals surface area contributed by atoms with Gasteiger partial charge in [-0.2, -0.15) is 0 Å². The van der Waals surface area contributed by atoms with Gasteiger partial charge in [0.15, 0.2) is 0 Å².